The molecule has 1 rings (SSSR count). The number of rotatable bonds is 10. The van der Waals surface area contributed by atoms with Gasteiger partial charge in [0, 0.05) is 18.4 Å². The maximum Gasteiger partial charge on any atom is 0.334 e. The number of hydrogen-bond donors (Lipinski definition) is 0. The largest absolute Gasteiger partial charge is 0.462 e. The number of esters is 2. The highest BCUT2D eigenvalue weighted by molar-refractivity contribution is 5.93. The number of alkyl halides is 2. The molecule has 0 bridgehead atoms. The Hall–Kier alpha value is -1.46. The van der Waals surface area contributed by atoms with Gasteiger partial charge in [0.1, 0.15) is 12.2 Å². The SMILES string of the molecule is C=C(CC(=O)OC(CCC)CCCC)C(=O)OC1CC(F)(F)C1. The smallest absolute Gasteiger partial charge is 0.334 e. The molecule has 0 heterocycles. The van der Waals surface area contributed by atoms with Gasteiger partial charge in [0.15, 0.2) is 0 Å². The molecule has 0 aliphatic heterocycles. The van der Waals surface area contributed by atoms with Gasteiger partial charge in [-0.05, 0) is 12.8 Å². The lowest BCUT2D eigenvalue weighted by molar-refractivity contribution is -0.180. The van der Waals surface area contributed by atoms with Crippen LogP contribution in [0.2, 0.25) is 0 Å². The molecule has 1 aliphatic carbocycles. The summed E-state index contributed by atoms with van der Waals surface area (Å²) < 4.78 is 35.6. The van der Waals surface area contributed by atoms with Crippen LogP contribution < -0.4 is 0 Å². The molecule has 1 aliphatic rings. The zero-order chi connectivity index (χ0) is 17.5. The number of carbonyl (C=O) groups excluding carboxylic acids is 2. The van der Waals surface area contributed by atoms with Crippen LogP contribution in [-0.2, 0) is 19.1 Å². The Kier molecular flexibility index (Phi) is 7.65. The molecule has 1 fully saturated rings. The number of carbonyl (C=O) groups is 2. The normalized spacial score (nSPS) is 17.9. The molecule has 23 heavy (non-hydrogen) atoms. The lowest BCUT2D eigenvalue weighted by Gasteiger charge is -2.34. The van der Waals surface area contributed by atoms with Crippen LogP contribution in [0.5, 0.6) is 0 Å². The van der Waals surface area contributed by atoms with E-state index < -0.39 is 36.8 Å². The molecule has 0 spiro atoms. The molecule has 1 atom stereocenters. The average molecular weight is 332 g/mol. The Morgan fingerprint density at radius 2 is 1.87 bits per heavy atom. The summed E-state index contributed by atoms with van der Waals surface area (Å²) in [6.07, 6.45) is 2.32. The molecule has 0 aromatic heterocycles. The Labute approximate surface area is 136 Å². The predicted octanol–water partition coefficient (Wildman–Crippen LogP) is 4.18. The molecule has 1 unspecified atom stereocenters. The van der Waals surface area contributed by atoms with Gasteiger partial charge in [0.25, 0.3) is 5.92 Å². The highest BCUT2D eigenvalue weighted by Gasteiger charge is 2.47. The second-order valence-electron chi connectivity index (χ2n) is 6.11. The van der Waals surface area contributed by atoms with Crippen molar-refractivity contribution in [3.8, 4) is 0 Å². The second kappa shape index (κ2) is 8.99. The standard InChI is InChI=1S/C17H26F2O4/c1-4-6-8-13(7-5-2)22-15(20)9-12(3)16(21)23-14-10-17(18,19)11-14/h13-14H,3-11H2,1-2H3. The summed E-state index contributed by atoms with van der Waals surface area (Å²) in [6, 6.07) is 0. The van der Waals surface area contributed by atoms with E-state index in [1.165, 1.54) is 0 Å². The highest BCUT2D eigenvalue weighted by Crippen LogP contribution is 2.39. The molecular weight excluding hydrogens is 306 g/mol. The van der Waals surface area contributed by atoms with Crippen LogP contribution in [0, 0.1) is 0 Å². The van der Waals surface area contributed by atoms with Gasteiger partial charge in [-0.15, -0.1) is 0 Å². The highest BCUT2D eigenvalue weighted by atomic mass is 19.3. The van der Waals surface area contributed by atoms with Gasteiger partial charge < -0.3 is 9.47 Å². The molecule has 0 saturated heterocycles. The average Bonchev–Trinajstić information content (AvgIpc) is 2.42. The Morgan fingerprint density at radius 3 is 2.39 bits per heavy atom. The quantitative estimate of drug-likeness (QED) is 0.445. The van der Waals surface area contributed by atoms with Crippen LogP contribution in [0.15, 0.2) is 12.2 Å². The fraction of sp³-hybridized carbons (Fsp3) is 0.765. The second-order valence-corrected chi connectivity index (χ2v) is 6.11. The van der Waals surface area contributed by atoms with Crippen molar-refractivity contribution in [1.82, 2.24) is 0 Å². The summed E-state index contributed by atoms with van der Waals surface area (Å²) in [5.41, 5.74) is -0.0593. The number of unbranched alkanes of at least 4 members (excludes halogenated alkanes) is 1. The monoisotopic (exact) mass is 332 g/mol. The van der Waals surface area contributed by atoms with Crippen LogP contribution in [0.3, 0.4) is 0 Å². The third-order valence-electron chi connectivity index (χ3n) is 3.76. The van der Waals surface area contributed by atoms with Crippen LogP contribution in [0.4, 0.5) is 8.78 Å². The lowest BCUT2D eigenvalue weighted by Crippen LogP contribution is -2.42. The van der Waals surface area contributed by atoms with E-state index >= 15 is 0 Å². The van der Waals surface area contributed by atoms with Gasteiger partial charge in [0.2, 0.25) is 0 Å². The molecule has 1 saturated carbocycles. The zero-order valence-corrected chi connectivity index (χ0v) is 13.9. The summed E-state index contributed by atoms with van der Waals surface area (Å²) in [5, 5.41) is 0. The van der Waals surface area contributed by atoms with E-state index in [1.54, 1.807) is 0 Å². The maximum atomic E-state index is 12.7. The Balaban J connectivity index is 2.33. The van der Waals surface area contributed by atoms with Crippen LogP contribution in [-0.4, -0.2) is 30.1 Å². The lowest BCUT2D eigenvalue weighted by atomic mass is 9.91. The first-order valence-corrected chi connectivity index (χ1v) is 8.23. The van der Waals surface area contributed by atoms with Gasteiger partial charge in [-0.3, -0.25) is 4.79 Å². The van der Waals surface area contributed by atoms with E-state index in [4.69, 9.17) is 9.47 Å². The van der Waals surface area contributed by atoms with Crippen molar-refractivity contribution in [2.24, 2.45) is 0 Å². The molecular formula is C17H26F2O4. The first kappa shape index (κ1) is 19.6. The van der Waals surface area contributed by atoms with E-state index in [9.17, 15) is 18.4 Å². The van der Waals surface area contributed by atoms with Gasteiger partial charge in [0.05, 0.1) is 6.42 Å². The van der Waals surface area contributed by atoms with E-state index in [0.717, 1.165) is 32.1 Å². The zero-order valence-electron chi connectivity index (χ0n) is 13.9. The van der Waals surface area contributed by atoms with Crippen molar-refractivity contribution in [3.05, 3.63) is 12.2 Å². The fourth-order valence-corrected chi connectivity index (χ4v) is 2.41. The van der Waals surface area contributed by atoms with E-state index in [0.29, 0.717) is 0 Å². The predicted molar refractivity (Wildman–Crippen MR) is 82.1 cm³/mol. The molecule has 0 amide bonds. The van der Waals surface area contributed by atoms with Gasteiger partial charge >= 0.3 is 11.9 Å². The third kappa shape index (κ3) is 7.10. The van der Waals surface area contributed by atoms with Crippen molar-refractivity contribution in [3.63, 3.8) is 0 Å². The first-order valence-electron chi connectivity index (χ1n) is 8.23. The van der Waals surface area contributed by atoms with E-state index in [2.05, 4.69) is 13.5 Å². The number of halogens is 2. The van der Waals surface area contributed by atoms with Crippen molar-refractivity contribution in [2.75, 3.05) is 0 Å². The van der Waals surface area contributed by atoms with E-state index in [1.807, 2.05) is 6.92 Å². The van der Waals surface area contributed by atoms with Crippen LogP contribution in [0.1, 0.15) is 65.2 Å². The first-order chi connectivity index (χ1) is 10.8. The summed E-state index contributed by atoms with van der Waals surface area (Å²) in [4.78, 5) is 23.6. The Bertz CT molecular complexity index is 426. The topological polar surface area (TPSA) is 52.6 Å². The maximum absolute atomic E-state index is 12.7. The number of ether oxygens (including phenoxy) is 2. The minimum Gasteiger partial charge on any atom is -0.462 e. The van der Waals surface area contributed by atoms with Crippen molar-refractivity contribution >= 4 is 11.9 Å². The Morgan fingerprint density at radius 1 is 1.22 bits per heavy atom. The minimum absolute atomic E-state index is 0.0593. The molecule has 6 heteroatoms. The molecule has 4 nitrogen and oxygen atoms in total. The van der Waals surface area contributed by atoms with E-state index in [-0.39, 0.29) is 18.1 Å². The van der Waals surface area contributed by atoms with Crippen molar-refractivity contribution < 1.29 is 27.8 Å². The van der Waals surface area contributed by atoms with Crippen molar-refractivity contribution in [2.45, 2.75) is 83.3 Å². The summed E-state index contributed by atoms with van der Waals surface area (Å²) >= 11 is 0. The summed E-state index contributed by atoms with van der Waals surface area (Å²) in [5.74, 6) is -4.08. The molecule has 0 radical (unpaired) electrons. The van der Waals surface area contributed by atoms with Crippen molar-refractivity contribution in [1.29, 1.82) is 0 Å². The molecule has 132 valence electrons. The fourth-order valence-electron chi connectivity index (χ4n) is 2.41. The van der Waals surface area contributed by atoms with Gasteiger partial charge in [-0.25, -0.2) is 13.6 Å². The van der Waals surface area contributed by atoms with Gasteiger partial charge in [-0.1, -0.05) is 39.7 Å². The number of hydrogen-bond acceptors (Lipinski definition) is 4. The summed E-state index contributed by atoms with van der Waals surface area (Å²) in [6.45, 7) is 7.57. The molecule has 0 aromatic rings. The van der Waals surface area contributed by atoms with Crippen LogP contribution in [0.25, 0.3) is 0 Å². The molecule has 0 aromatic carbocycles. The summed E-state index contributed by atoms with van der Waals surface area (Å²) in [7, 11) is 0. The molecule has 0 N–H and O–H groups in total. The van der Waals surface area contributed by atoms with Gasteiger partial charge in [-0.2, -0.15) is 0 Å². The third-order valence-corrected chi connectivity index (χ3v) is 3.76. The van der Waals surface area contributed by atoms with Crippen LogP contribution >= 0.6 is 0 Å². The minimum atomic E-state index is -2.75.